The van der Waals surface area contributed by atoms with Crippen LogP contribution in [0.3, 0.4) is 0 Å². The summed E-state index contributed by atoms with van der Waals surface area (Å²) in [6.07, 6.45) is -5.24. The molecule has 0 bridgehead atoms. The predicted molar refractivity (Wildman–Crippen MR) is 76.0 cm³/mol. The molecule has 0 aliphatic carbocycles. The molecule has 138 valence electrons. The van der Waals surface area contributed by atoms with E-state index in [1.165, 1.54) is 28.2 Å². The lowest BCUT2D eigenvalue weighted by molar-refractivity contribution is -0.236. The lowest BCUT2D eigenvalue weighted by atomic mass is 10.5. The van der Waals surface area contributed by atoms with E-state index in [4.69, 9.17) is 18.9 Å². The van der Waals surface area contributed by atoms with E-state index in [1.54, 1.807) is 0 Å². The minimum atomic E-state index is -3.62. The number of hydrogen-bond donors (Lipinski definition) is 0. The molecule has 0 N–H and O–H groups in total. The highest BCUT2D eigenvalue weighted by atomic mass is 32.2. The Bertz CT molecular complexity index is 647. The van der Waals surface area contributed by atoms with E-state index in [0.717, 1.165) is 17.2 Å². The molecule has 4 aliphatic rings. The molecule has 24 heavy (non-hydrogen) atoms. The first kappa shape index (κ1) is 17.0. The standard InChI is InChI=1S/C10H18N4O8S2/c1-11-5-6(12(2)23(11,15)16)20-9(19-5)10-21-7-8(22-10)14(4)24(17,18)13(7)3/h5-10H,1-4H3/t5-,6-,7-,8-/m1/s1. The highest BCUT2D eigenvalue weighted by molar-refractivity contribution is 7.87. The van der Waals surface area contributed by atoms with Crippen LogP contribution < -0.4 is 0 Å². The number of nitrogens with zero attached hydrogens (tertiary/aromatic N) is 4. The maximum atomic E-state index is 12.0. The third-order valence-electron chi connectivity index (χ3n) is 4.69. The van der Waals surface area contributed by atoms with Crippen LogP contribution in [0.2, 0.25) is 0 Å². The fourth-order valence-electron chi connectivity index (χ4n) is 3.13. The fourth-order valence-corrected chi connectivity index (χ4v) is 5.61. The van der Waals surface area contributed by atoms with Gasteiger partial charge in [0.1, 0.15) is 0 Å². The maximum absolute atomic E-state index is 12.0. The molecule has 0 aromatic rings. The monoisotopic (exact) mass is 386 g/mol. The molecule has 14 heteroatoms. The number of fused-ring (bicyclic) bond motifs is 2. The zero-order chi connectivity index (χ0) is 17.6. The summed E-state index contributed by atoms with van der Waals surface area (Å²) in [5.41, 5.74) is 0. The first-order chi connectivity index (χ1) is 11.1. The summed E-state index contributed by atoms with van der Waals surface area (Å²) in [6, 6.07) is 0. The van der Waals surface area contributed by atoms with E-state index in [2.05, 4.69) is 0 Å². The van der Waals surface area contributed by atoms with Gasteiger partial charge in [0.05, 0.1) is 0 Å². The van der Waals surface area contributed by atoms with Crippen molar-refractivity contribution in [3.8, 4) is 0 Å². The molecule has 0 unspecified atom stereocenters. The molecule has 4 heterocycles. The van der Waals surface area contributed by atoms with Gasteiger partial charge in [0.15, 0.2) is 24.9 Å². The topological polar surface area (TPSA) is 118 Å². The summed E-state index contributed by atoms with van der Waals surface area (Å²) in [4.78, 5) is 0. The number of rotatable bonds is 1. The zero-order valence-electron chi connectivity index (χ0n) is 13.3. The second-order valence-electron chi connectivity index (χ2n) is 5.92. The van der Waals surface area contributed by atoms with E-state index in [0.29, 0.717) is 0 Å². The third-order valence-corrected chi connectivity index (χ3v) is 8.44. The largest absolute Gasteiger partial charge is 0.324 e. The Kier molecular flexibility index (Phi) is 3.59. The van der Waals surface area contributed by atoms with Gasteiger partial charge in [-0.1, -0.05) is 0 Å². The van der Waals surface area contributed by atoms with E-state index in [-0.39, 0.29) is 0 Å². The minimum absolute atomic E-state index is 0.822. The van der Waals surface area contributed by atoms with Crippen LogP contribution in [0.4, 0.5) is 0 Å². The highest BCUT2D eigenvalue weighted by Crippen LogP contribution is 2.40. The fraction of sp³-hybridized carbons (Fsp3) is 1.00. The average Bonchev–Trinajstić information content (AvgIpc) is 3.20. The Labute approximate surface area is 139 Å². The van der Waals surface area contributed by atoms with Crippen LogP contribution in [0.5, 0.6) is 0 Å². The molecule has 0 aromatic heterocycles. The Hall–Kier alpha value is -0.420. The van der Waals surface area contributed by atoms with Crippen molar-refractivity contribution in [1.82, 2.24) is 17.2 Å². The van der Waals surface area contributed by atoms with Gasteiger partial charge in [0, 0.05) is 28.2 Å². The summed E-state index contributed by atoms with van der Waals surface area (Å²) < 4.78 is 74.8. The molecule has 4 fully saturated rings. The van der Waals surface area contributed by atoms with Crippen LogP contribution in [-0.2, 0) is 39.4 Å². The summed E-state index contributed by atoms with van der Waals surface area (Å²) >= 11 is 0. The maximum Gasteiger partial charge on any atom is 0.286 e. The number of hydrogen-bond acceptors (Lipinski definition) is 8. The lowest BCUT2D eigenvalue weighted by Gasteiger charge is -2.24. The van der Waals surface area contributed by atoms with Gasteiger partial charge in [-0.2, -0.15) is 34.1 Å². The summed E-state index contributed by atoms with van der Waals surface area (Å²) in [5.74, 6) is 0. The van der Waals surface area contributed by atoms with Crippen LogP contribution in [0.25, 0.3) is 0 Å². The third kappa shape index (κ3) is 2.00. The second-order valence-corrected chi connectivity index (χ2v) is 10.0. The quantitative estimate of drug-likeness (QED) is 0.477. The normalized spacial score (nSPS) is 44.3. The van der Waals surface area contributed by atoms with Gasteiger partial charge in [-0.25, -0.2) is 0 Å². The molecular weight excluding hydrogens is 368 g/mol. The van der Waals surface area contributed by atoms with Gasteiger partial charge in [0.25, 0.3) is 20.4 Å². The molecule has 4 aliphatic heterocycles. The smallest absolute Gasteiger partial charge is 0.286 e. The van der Waals surface area contributed by atoms with Gasteiger partial charge in [-0.05, 0) is 0 Å². The van der Waals surface area contributed by atoms with E-state index >= 15 is 0 Å². The molecule has 12 nitrogen and oxygen atoms in total. The van der Waals surface area contributed by atoms with Crippen LogP contribution in [-0.4, -0.2) is 99.7 Å². The van der Waals surface area contributed by atoms with Crippen molar-refractivity contribution in [3.05, 3.63) is 0 Å². The predicted octanol–water partition coefficient (Wildman–Crippen LogP) is -2.72. The van der Waals surface area contributed by atoms with Gasteiger partial charge < -0.3 is 18.9 Å². The number of ether oxygens (including phenoxy) is 4. The van der Waals surface area contributed by atoms with E-state index in [9.17, 15) is 16.8 Å². The van der Waals surface area contributed by atoms with Crippen LogP contribution >= 0.6 is 0 Å². The Balaban J connectivity index is 1.50. The van der Waals surface area contributed by atoms with Crippen molar-refractivity contribution in [2.45, 2.75) is 37.5 Å². The summed E-state index contributed by atoms with van der Waals surface area (Å²) in [5, 5.41) is 0. The van der Waals surface area contributed by atoms with Crippen LogP contribution in [0.1, 0.15) is 0 Å². The highest BCUT2D eigenvalue weighted by Gasteiger charge is 2.61. The summed E-state index contributed by atoms with van der Waals surface area (Å²) in [7, 11) is -1.68. The van der Waals surface area contributed by atoms with Crippen molar-refractivity contribution in [1.29, 1.82) is 0 Å². The SMILES string of the molecule is CN1[C@@H]2OC(C3O[C@@H]4[C@@H](O3)N(C)S(=O)(=O)N4C)O[C@H]2N(C)S1(=O)=O. The molecule has 0 aromatic carbocycles. The van der Waals surface area contributed by atoms with E-state index < -0.39 is 57.9 Å². The van der Waals surface area contributed by atoms with Crippen molar-refractivity contribution in [2.24, 2.45) is 0 Å². The first-order valence-electron chi connectivity index (χ1n) is 7.10. The molecule has 4 atom stereocenters. The Morgan fingerprint density at radius 2 is 0.750 bits per heavy atom. The van der Waals surface area contributed by atoms with E-state index in [1.807, 2.05) is 0 Å². The van der Waals surface area contributed by atoms with Crippen molar-refractivity contribution >= 4 is 20.4 Å². The molecule has 4 rings (SSSR count). The molecular formula is C10H18N4O8S2. The Morgan fingerprint density at radius 3 is 0.958 bits per heavy atom. The van der Waals surface area contributed by atoms with Gasteiger partial charge in [-0.15, -0.1) is 0 Å². The second kappa shape index (κ2) is 5.06. The van der Waals surface area contributed by atoms with Crippen molar-refractivity contribution < 1.29 is 35.8 Å². The molecule has 0 amide bonds. The Morgan fingerprint density at radius 1 is 0.542 bits per heavy atom. The number of likely N-dealkylation sites (N-methyl/N-ethyl adjacent to an activating group) is 4. The zero-order valence-corrected chi connectivity index (χ0v) is 15.0. The molecule has 0 spiro atoms. The van der Waals surface area contributed by atoms with Crippen LogP contribution in [0.15, 0.2) is 0 Å². The van der Waals surface area contributed by atoms with Gasteiger partial charge in [0.2, 0.25) is 12.6 Å². The lowest BCUT2D eigenvalue weighted by Crippen LogP contribution is -2.40. The van der Waals surface area contributed by atoms with Crippen molar-refractivity contribution in [2.75, 3.05) is 28.2 Å². The molecule has 0 radical (unpaired) electrons. The molecule has 4 saturated heterocycles. The average molecular weight is 386 g/mol. The van der Waals surface area contributed by atoms with Crippen LogP contribution in [0, 0.1) is 0 Å². The van der Waals surface area contributed by atoms with Crippen molar-refractivity contribution in [3.63, 3.8) is 0 Å². The van der Waals surface area contributed by atoms with Gasteiger partial charge >= 0.3 is 0 Å². The minimum Gasteiger partial charge on any atom is -0.324 e. The van der Waals surface area contributed by atoms with Gasteiger partial charge in [-0.3, -0.25) is 0 Å². The first-order valence-corrected chi connectivity index (χ1v) is 9.90. The summed E-state index contributed by atoms with van der Waals surface area (Å²) in [6.45, 7) is 0. The molecule has 0 saturated carbocycles.